The van der Waals surface area contributed by atoms with Crippen LogP contribution in [0.5, 0.6) is 0 Å². The van der Waals surface area contributed by atoms with Crippen molar-refractivity contribution in [2.75, 3.05) is 4.72 Å². The van der Waals surface area contributed by atoms with Gasteiger partial charge in [-0.25, -0.2) is 17.6 Å². The van der Waals surface area contributed by atoms with Crippen molar-refractivity contribution < 1.29 is 22.7 Å². The summed E-state index contributed by atoms with van der Waals surface area (Å²) in [6.45, 7) is 0. The van der Waals surface area contributed by atoms with Gasteiger partial charge in [0.1, 0.15) is 10.7 Å². The highest BCUT2D eigenvalue weighted by atomic mass is 35.5. The van der Waals surface area contributed by atoms with Gasteiger partial charge in [-0.3, -0.25) is 4.72 Å². The van der Waals surface area contributed by atoms with Crippen LogP contribution < -0.4 is 4.72 Å². The molecule has 110 valence electrons. The molecule has 5 nitrogen and oxygen atoms in total. The minimum atomic E-state index is -3.99. The van der Waals surface area contributed by atoms with E-state index in [0.29, 0.717) is 0 Å². The molecule has 0 bridgehead atoms. The van der Waals surface area contributed by atoms with E-state index in [1.54, 1.807) is 6.07 Å². The highest BCUT2D eigenvalue weighted by Gasteiger charge is 2.18. The number of carboxylic acids is 1. The monoisotopic (exact) mass is 329 g/mol. The third-order valence-electron chi connectivity index (χ3n) is 2.58. The van der Waals surface area contributed by atoms with Crippen molar-refractivity contribution in [2.24, 2.45) is 0 Å². The molecule has 2 rings (SSSR count). The third-order valence-corrected chi connectivity index (χ3v) is 4.46. The van der Waals surface area contributed by atoms with E-state index in [0.717, 1.165) is 18.2 Å². The van der Waals surface area contributed by atoms with Crippen LogP contribution >= 0.6 is 11.6 Å². The lowest BCUT2D eigenvalue weighted by Gasteiger charge is -2.10. The lowest BCUT2D eigenvalue weighted by atomic mass is 10.2. The van der Waals surface area contributed by atoms with Gasteiger partial charge in [0.2, 0.25) is 0 Å². The number of anilines is 1. The van der Waals surface area contributed by atoms with Crippen molar-refractivity contribution in [3.63, 3.8) is 0 Å². The Hall–Kier alpha value is -2.12. The lowest BCUT2D eigenvalue weighted by Crippen LogP contribution is -2.14. The Morgan fingerprint density at radius 2 is 1.86 bits per heavy atom. The second-order valence-corrected chi connectivity index (χ2v) is 6.09. The number of aromatic carboxylic acids is 1. The van der Waals surface area contributed by atoms with Crippen molar-refractivity contribution in [3.8, 4) is 0 Å². The van der Waals surface area contributed by atoms with Gasteiger partial charge in [-0.05, 0) is 30.3 Å². The topological polar surface area (TPSA) is 83.5 Å². The first-order chi connectivity index (χ1) is 9.81. The summed E-state index contributed by atoms with van der Waals surface area (Å²) in [5.41, 5.74) is -0.645. The highest BCUT2D eigenvalue weighted by Crippen LogP contribution is 2.24. The number of hydrogen-bond donors (Lipinski definition) is 2. The molecule has 0 atom stereocenters. The summed E-state index contributed by atoms with van der Waals surface area (Å²) in [7, 11) is -3.99. The van der Waals surface area contributed by atoms with E-state index >= 15 is 0 Å². The van der Waals surface area contributed by atoms with E-state index in [4.69, 9.17) is 16.7 Å². The summed E-state index contributed by atoms with van der Waals surface area (Å²) in [6, 6.07) is 8.69. The molecule has 2 aromatic rings. The predicted octanol–water partition coefficient (Wildman–Crippen LogP) is 2.98. The SMILES string of the molecule is O=C(O)c1ccc(NS(=O)(=O)c2ccccc2Cl)cc1F. The average molecular weight is 330 g/mol. The molecule has 21 heavy (non-hydrogen) atoms. The number of rotatable bonds is 4. The fourth-order valence-electron chi connectivity index (χ4n) is 1.62. The Labute approximate surface area is 125 Å². The van der Waals surface area contributed by atoms with E-state index in [1.807, 2.05) is 0 Å². The summed E-state index contributed by atoms with van der Waals surface area (Å²) in [4.78, 5) is 10.5. The lowest BCUT2D eigenvalue weighted by molar-refractivity contribution is 0.0692. The fourth-order valence-corrected chi connectivity index (χ4v) is 3.19. The molecule has 8 heteroatoms. The van der Waals surface area contributed by atoms with Gasteiger partial charge in [-0.1, -0.05) is 23.7 Å². The molecule has 0 aromatic heterocycles. The van der Waals surface area contributed by atoms with Crippen LogP contribution in [0.4, 0.5) is 10.1 Å². The highest BCUT2D eigenvalue weighted by molar-refractivity contribution is 7.92. The van der Waals surface area contributed by atoms with Gasteiger partial charge in [0, 0.05) is 0 Å². The normalized spacial score (nSPS) is 11.1. The molecule has 0 aliphatic carbocycles. The molecule has 0 spiro atoms. The first kappa shape index (κ1) is 15.3. The van der Waals surface area contributed by atoms with Crippen molar-refractivity contribution in [1.82, 2.24) is 0 Å². The Bertz CT molecular complexity index is 808. The third kappa shape index (κ3) is 3.32. The van der Waals surface area contributed by atoms with Crippen LogP contribution in [0, 0.1) is 5.82 Å². The molecule has 2 N–H and O–H groups in total. The molecule has 0 radical (unpaired) electrons. The van der Waals surface area contributed by atoms with E-state index in [2.05, 4.69) is 4.72 Å². The van der Waals surface area contributed by atoms with Gasteiger partial charge in [-0.15, -0.1) is 0 Å². The molecule has 0 saturated heterocycles. The summed E-state index contributed by atoms with van der Waals surface area (Å²) >= 11 is 5.80. The van der Waals surface area contributed by atoms with Crippen molar-refractivity contribution in [2.45, 2.75) is 4.90 Å². The summed E-state index contributed by atoms with van der Waals surface area (Å²) in [5.74, 6) is -2.48. The first-order valence-corrected chi connectivity index (χ1v) is 7.47. The van der Waals surface area contributed by atoms with Gasteiger partial charge >= 0.3 is 5.97 Å². The second-order valence-electron chi connectivity index (χ2n) is 4.04. The maximum Gasteiger partial charge on any atom is 0.338 e. The van der Waals surface area contributed by atoms with Gasteiger partial charge in [0.05, 0.1) is 16.3 Å². The Morgan fingerprint density at radius 1 is 1.19 bits per heavy atom. The zero-order valence-electron chi connectivity index (χ0n) is 10.4. The van der Waals surface area contributed by atoms with E-state index in [-0.39, 0.29) is 15.6 Å². The number of nitrogens with one attached hydrogen (secondary N) is 1. The number of halogens is 2. The Balaban J connectivity index is 2.36. The molecule has 0 aliphatic heterocycles. The minimum Gasteiger partial charge on any atom is -0.478 e. The molecular weight excluding hydrogens is 321 g/mol. The first-order valence-electron chi connectivity index (χ1n) is 5.61. The van der Waals surface area contributed by atoms with Gasteiger partial charge < -0.3 is 5.11 Å². The summed E-state index contributed by atoms with van der Waals surface area (Å²) in [6.07, 6.45) is 0. The summed E-state index contributed by atoms with van der Waals surface area (Å²) < 4.78 is 39.9. The van der Waals surface area contributed by atoms with Crippen LogP contribution in [-0.2, 0) is 10.0 Å². The largest absolute Gasteiger partial charge is 0.478 e. The molecule has 0 unspecified atom stereocenters. The van der Waals surface area contributed by atoms with Crippen LogP contribution in [0.3, 0.4) is 0 Å². The molecule has 0 fully saturated rings. The molecule has 0 aliphatic rings. The number of carboxylic acid groups (broad SMARTS) is 1. The molecule has 2 aromatic carbocycles. The molecular formula is C13H9ClFNO4S. The van der Waals surface area contributed by atoms with Crippen LogP contribution in [0.1, 0.15) is 10.4 Å². The number of sulfonamides is 1. The van der Waals surface area contributed by atoms with E-state index < -0.39 is 27.4 Å². The second kappa shape index (κ2) is 5.71. The zero-order valence-corrected chi connectivity index (χ0v) is 12.0. The van der Waals surface area contributed by atoms with Crippen molar-refractivity contribution >= 4 is 33.3 Å². The fraction of sp³-hybridized carbons (Fsp3) is 0. The van der Waals surface area contributed by atoms with Gasteiger partial charge in [-0.2, -0.15) is 0 Å². The predicted molar refractivity (Wildman–Crippen MR) is 75.6 cm³/mol. The number of carbonyl (C=O) groups is 1. The molecule has 0 heterocycles. The maximum atomic E-state index is 13.5. The van der Waals surface area contributed by atoms with Crippen molar-refractivity contribution in [1.29, 1.82) is 0 Å². The van der Waals surface area contributed by atoms with Crippen LogP contribution in [0.2, 0.25) is 5.02 Å². The number of benzene rings is 2. The van der Waals surface area contributed by atoms with E-state index in [9.17, 15) is 17.6 Å². The van der Waals surface area contributed by atoms with Crippen molar-refractivity contribution in [3.05, 3.63) is 58.9 Å². The van der Waals surface area contributed by atoms with Gasteiger partial charge in [0.25, 0.3) is 10.0 Å². The zero-order chi connectivity index (χ0) is 15.6. The smallest absolute Gasteiger partial charge is 0.338 e. The molecule has 0 amide bonds. The van der Waals surface area contributed by atoms with Crippen LogP contribution in [-0.4, -0.2) is 19.5 Å². The average Bonchev–Trinajstić information content (AvgIpc) is 2.38. The maximum absolute atomic E-state index is 13.5. The molecule has 0 saturated carbocycles. The summed E-state index contributed by atoms with van der Waals surface area (Å²) in [5, 5.41) is 8.73. The Kier molecular flexibility index (Phi) is 4.15. The van der Waals surface area contributed by atoms with Crippen LogP contribution in [0.15, 0.2) is 47.4 Å². The quantitative estimate of drug-likeness (QED) is 0.903. The minimum absolute atomic E-state index is 0.0210. The standard InChI is InChI=1S/C13H9ClFNO4S/c14-10-3-1-2-4-12(10)21(19,20)16-8-5-6-9(13(17)18)11(15)7-8/h1-7,16H,(H,17,18). The Morgan fingerprint density at radius 3 is 2.43 bits per heavy atom. The number of hydrogen-bond acceptors (Lipinski definition) is 3. The van der Waals surface area contributed by atoms with E-state index in [1.165, 1.54) is 18.2 Å². The van der Waals surface area contributed by atoms with Gasteiger partial charge in [0.15, 0.2) is 0 Å². The van der Waals surface area contributed by atoms with Crippen LogP contribution in [0.25, 0.3) is 0 Å².